The SMILES string of the molecule is O=C(NC(CCOC1CC(CCc2ccc3c(n2)CCCC3)C1)C(=O)O)OC1CCCCC1c1ccccc1. The van der Waals surface area contributed by atoms with Gasteiger partial charge in [-0.25, -0.2) is 9.59 Å². The van der Waals surface area contributed by atoms with Crippen LogP contribution in [0.3, 0.4) is 0 Å². The van der Waals surface area contributed by atoms with Gasteiger partial charge < -0.3 is 19.9 Å². The highest BCUT2D eigenvalue weighted by molar-refractivity contribution is 5.79. The van der Waals surface area contributed by atoms with E-state index in [2.05, 4.69) is 29.6 Å². The number of nitrogens with zero attached hydrogens (tertiary/aromatic N) is 1. The van der Waals surface area contributed by atoms with Crippen molar-refractivity contribution in [1.29, 1.82) is 0 Å². The summed E-state index contributed by atoms with van der Waals surface area (Å²) < 4.78 is 11.7. The maximum atomic E-state index is 12.6. The van der Waals surface area contributed by atoms with Gasteiger partial charge in [0.15, 0.2) is 0 Å². The first-order chi connectivity index (χ1) is 19.0. The summed E-state index contributed by atoms with van der Waals surface area (Å²) >= 11 is 0. The van der Waals surface area contributed by atoms with Gasteiger partial charge in [0.2, 0.25) is 0 Å². The van der Waals surface area contributed by atoms with Crippen molar-refractivity contribution in [1.82, 2.24) is 10.3 Å². The molecule has 1 aromatic heterocycles. The van der Waals surface area contributed by atoms with Crippen molar-refractivity contribution >= 4 is 12.1 Å². The van der Waals surface area contributed by atoms with E-state index < -0.39 is 18.1 Å². The van der Waals surface area contributed by atoms with Crippen LogP contribution in [0, 0.1) is 5.92 Å². The minimum absolute atomic E-state index is 0.145. The van der Waals surface area contributed by atoms with Crippen molar-refractivity contribution in [2.75, 3.05) is 6.61 Å². The number of aliphatic carboxylic acids is 1. The van der Waals surface area contributed by atoms with Crippen LogP contribution in [0.1, 0.15) is 92.6 Å². The highest BCUT2D eigenvalue weighted by atomic mass is 16.6. The van der Waals surface area contributed by atoms with Gasteiger partial charge in [0, 0.05) is 30.3 Å². The number of carbonyl (C=O) groups is 2. The van der Waals surface area contributed by atoms with Crippen LogP contribution in [0.25, 0.3) is 0 Å². The standard InChI is InChI=1S/C32H42N2O5/c35-31(36)29(34-32(37)39-30-13-7-5-11-27(30)23-8-2-1-3-9-23)18-19-38-26-20-22(21-26)14-16-25-17-15-24-10-4-6-12-28(24)33-25/h1-3,8-9,15,17,22,26-27,29-30H,4-7,10-14,16,18-21H2,(H,34,37)(H,35,36). The number of hydrogen-bond acceptors (Lipinski definition) is 5. The quantitative estimate of drug-likeness (QED) is 0.368. The van der Waals surface area contributed by atoms with Gasteiger partial charge in [0.1, 0.15) is 12.1 Å². The molecule has 3 aliphatic rings. The summed E-state index contributed by atoms with van der Waals surface area (Å²) in [5.41, 5.74) is 5.09. The Morgan fingerprint density at radius 3 is 2.62 bits per heavy atom. The summed E-state index contributed by atoms with van der Waals surface area (Å²) in [5, 5.41) is 12.2. The molecule has 5 rings (SSSR count). The van der Waals surface area contributed by atoms with E-state index in [0.29, 0.717) is 12.5 Å². The Bertz CT molecular complexity index is 1100. The Kier molecular flexibility index (Phi) is 9.51. The Morgan fingerprint density at radius 1 is 1.00 bits per heavy atom. The van der Waals surface area contributed by atoms with E-state index in [0.717, 1.165) is 63.4 Å². The Morgan fingerprint density at radius 2 is 1.79 bits per heavy atom. The van der Waals surface area contributed by atoms with Crippen LogP contribution in [0.5, 0.6) is 0 Å². The molecule has 2 N–H and O–H groups in total. The normalized spacial score (nSPS) is 25.1. The topological polar surface area (TPSA) is 97.8 Å². The summed E-state index contributed by atoms with van der Waals surface area (Å²) in [4.78, 5) is 29.3. The number of pyridine rings is 1. The van der Waals surface area contributed by atoms with Crippen LogP contribution >= 0.6 is 0 Å². The Balaban J connectivity index is 1.00. The number of nitrogens with one attached hydrogen (secondary N) is 1. The van der Waals surface area contributed by atoms with E-state index in [-0.39, 0.29) is 24.5 Å². The van der Waals surface area contributed by atoms with Crippen LogP contribution < -0.4 is 5.32 Å². The van der Waals surface area contributed by atoms with Crippen LogP contribution in [-0.2, 0) is 33.5 Å². The molecule has 3 atom stereocenters. The number of carboxylic acids is 1. The first-order valence-corrected chi connectivity index (χ1v) is 14.9. The summed E-state index contributed by atoms with van der Waals surface area (Å²) in [6, 6.07) is 13.5. The molecule has 210 valence electrons. The molecular weight excluding hydrogens is 492 g/mol. The zero-order valence-electron chi connectivity index (χ0n) is 22.9. The number of aryl methyl sites for hydroxylation is 3. The monoisotopic (exact) mass is 534 g/mol. The molecule has 0 spiro atoms. The molecule has 1 aromatic carbocycles. The maximum Gasteiger partial charge on any atom is 0.408 e. The van der Waals surface area contributed by atoms with Crippen LogP contribution in [0.15, 0.2) is 42.5 Å². The summed E-state index contributed by atoms with van der Waals surface area (Å²) in [6.07, 6.45) is 12.3. The molecule has 1 heterocycles. The molecule has 0 bridgehead atoms. The summed E-state index contributed by atoms with van der Waals surface area (Å²) in [5.74, 6) is -0.293. The van der Waals surface area contributed by atoms with Gasteiger partial charge in [0.05, 0.1) is 6.10 Å². The number of carbonyl (C=O) groups excluding carboxylic acids is 1. The third-order valence-corrected chi connectivity index (χ3v) is 8.78. The maximum absolute atomic E-state index is 12.6. The number of alkyl carbamates (subject to hydrolysis) is 1. The highest BCUT2D eigenvalue weighted by Crippen LogP contribution is 2.35. The highest BCUT2D eigenvalue weighted by Gasteiger charge is 2.32. The zero-order chi connectivity index (χ0) is 27.0. The van der Waals surface area contributed by atoms with E-state index in [4.69, 9.17) is 14.5 Å². The molecule has 1 amide bonds. The fraction of sp³-hybridized carbons (Fsp3) is 0.594. The van der Waals surface area contributed by atoms with Crippen molar-refractivity contribution in [2.24, 2.45) is 5.92 Å². The largest absolute Gasteiger partial charge is 0.480 e. The van der Waals surface area contributed by atoms with Gasteiger partial charge in [-0.1, -0.05) is 42.8 Å². The lowest BCUT2D eigenvalue weighted by molar-refractivity contribution is -0.140. The molecule has 7 heteroatoms. The second kappa shape index (κ2) is 13.4. The average Bonchev–Trinajstić information content (AvgIpc) is 2.93. The van der Waals surface area contributed by atoms with Crippen molar-refractivity contribution in [3.63, 3.8) is 0 Å². The molecule has 3 aliphatic carbocycles. The molecule has 0 aliphatic heterocycles. The number of carboxylic acid groups (broad SMARTS) is 1. The molecular formula is C32H42N2O5. The predicted molar refractivity (Wildman–Crippen MR) is 149 cm³/mol. The Labute approximate surface area is 231 Å². The number of benzene rings is 1. The summed E-state index contributed by atoms with van der Waals surface area (Å²) in [7, 11) is 0. The van der Waals surface area contributed by atoms with Crippen molar-refractivity contribution < 1.29 is 24.2 Å². The fourth-order valence-corrected chi connectivity index (χ4v) is 6.41. The van der Waals surface area contributed by atoms with Gasteiger partial charge in [-0.15, -0.1) is 0 Å². The fourth-order valence-electron chi connectivity index (χ4n) is 6.41. The van der Waals surface area contributed by atoms with E-state index in [1.807, 2.05) is 18.2 Å². The molecule has 39 heavy (non-hydrogen) atoms. The average molecular weight is 535 g/mol. The molecule has 0 saturated heterocycles. The van der Waals surface area contributed by atoms with E-state index >= 15 is 0 Å². The van der Waals surface area contributed by atoms with E-state index in [1.165, 1.54) is 36.2 Å². The molecule has 2 saturated carbocycles. The second-order valence-electron chi connectivity index (χ2n) is 11.6. The number of fused-ring (bicyclic) bond motifs is 1. The minimum atomic E-state index is -1.07. The molecule has 7 nitrogen and oxygen atoms in total. The minimum Gasteiger partial charge on any atom is -0.480 e. The lowest BCUT2D eigenvalue weighted by atomic mass is 9.79. The van der Waals surface area contributed by atoms with E-state index in [1.54, 1.807) is 0 Å². The number of hydrogen-bond donors (Lipinski definition) is 2. The number of aromatic nitrogens is 1. The van der Waals surface area contributed by atoms with Crippen molar-refractivity contribution in [3.05, 3.63) is 65.0 Å². The first kappa shape index (κ1) is 27.6. The van der Waals surface area contributed by atoms with Gasteiger partial charge in [-0.2, -0.15) is 0 Å². The third-order valence-electron chi connectivity index (χ3n) is 8.78. The first-order valence-electron chi connectivity index (χ1n) is 14.9. The van der Waals surface area contributed by atoms with Crippen LogP contribution in [-0.4, -0.2) is 47.0 Å². The van der Waals surface area contributed by atoms with Gasteiger partial charge in [-0.3, -0.25) is 4.98 Å². The van der Waals surface area contributed by atoms with Crippen LogP contribution in [0.2, 0.25) is 0 Å². The molecule has 2 fully saturated rings. The number of amides is 1. The molecule has 0 radical (unpaired) electrons. The lowest BCUT2D eigenvalue weighted by Gasteiger charge is -2.35. The van der Waals surface area contributed by atoms with Crippen LogP contribution in [0.4, 0.5) is 4.79 Å². The zero-order valence-corrected chi connectivity index (χ0v) is 22.9. The second-order valence-corrected chi connectivity index (χ2v) is 11.6. The molecule has 2 aromatic rings. The predicted octanol–water partition coefficient (Wildman–Crippen LogP) is 5.98. The molecule has 3 unspecified atom stereocenters. The van der Waals surface area contributed by atoms with Crippen molar-refractivity contribution in [2.45, 2.75) is 108 Å². The summed E-state index contributed by atoms with van der Waals surface area (Å²) in [6.45, 7) is 0.303. The van der Waals surface area contributed by atoms with E-state index in [9.17, 15) is 14.7 Å². The van der Waals surface area contributed by atoms with Gasteiger partial charge in [-0.05, 0) is 93.7 Å². The smallest absolute Gasteiger partial charge is 0.408 e. The third kappa shape index (κ3) is 7.59. The lowest BCUT2D eigenvalue weighted by Crippen LogP contribution is -2.44. The number of ether oxygens (including phenoxy) is 2. The van der Waals surface area contributed by atoms with Gasteiger partial charge in [0.25, 0.3) is 0 Å². The Hall–Kier alpha value is -2.93. The van der Waals surface area contributed by atoms with Gasteiger partial charge >= 0.3 is 12.1 Å². The number of rotatable bonds is 11. The van der Waals surface area contributed by atoms with Crippen molar-refractivity contribution in [3.8, 4) is 0 Å².